The monoisotopic (exact) mass is 266 g/mol. The third kappa shape index (κ3) is 3.39. The van der Waals surface area contributed by atoms with Gasteiger partial charge in [-0.05, 0) is 46.7 Å². The van der Waals surface area contributed by atoms with E-state index in [2.05, 4.69) is 23.7 Å². The van der Waals surface area contributed by atoms with Crippen LogP contribution in [-0.4, -0.2) is 34.8 Å². The Labute approximate surface area is 113 Å². The lowest BCUT2D eigenvalue weighted by Gasteiger charge is -2.33. The molecule has 0 radical (unpaired) electrons. The molecular formula is C14H22N2OS. The normalized spacial score (nSPS) is 18.4. The van der Waals surface area contributed by atoms with Gasteiger partial charge in [0.25, 0.3) is 0 Å². The Kier molecular flexibility index (Phi) is 4.51. The van der Waals surface area contributed by atoms with Crippen LogP contribution >= 0.6 is 11.3 Å². The first-order valence-electron chi connectivity index (χ1n) is 6.74. The number of carbonyl (C=O) groups is 1. The molecule has 0 saturated carbocycles. The number of piperidine rings is 1. The van der Waals surface area contributed by atoms with Crippen molar-refractivity contribution in [3.63, 3.8) is 0 Å². The summed E-state index contributed by atoms with van der Waals surface area (Å²) in [6, 6.07) is 0.649. The number of thiazole rings is 1. The molecule has 0 aromatic carbocycles. The van der Waals surface area contributed by atoms with Crippen molar-refractivity contribution in [2.24, 2.45) is 0 Å². The van der Waals surface area contributed by atoms with Crippen molar-refractivity contribution >= 4 is 17.1 Å². The molecule has 0 N–H and O–H groups in total. The maximum atomic E-state index is 11.1. The van der Waals surface area contributed by atoms with Crippen LogP contribution in [0.5, 0.6) is 0 Å². The topological polar surface area (TPSA) is 33.2 Å². The highest BCUT2D eigenvalue weighted by molar-refractivity contribution is 7.09. The van der Waals surface area contributed by atoms with E-state index >= 15 is 0 Å². The maximum absolute atomic E-state index is 11.1. The first-order chi connectivity index (χ1) is 8.56. The Hall–Kier alpha value is -0.740. The van der Waals surface area contributed by atoms with E-state index in [0.717, 1.165) is 5.69 Å². The summed E-state index contributed by atoms with van der Waals surface area (Å²) in [7, 11) is 0. The molecule has 0 aliphatic carbocycles. The van der Waals surface area contributed by atoms with Crippen molar-refractivity contribution in [3.05, 3.63) is 16.1 Å². The highest BCUT2D eigenvalue weighted by Gasteiger charge is 2.24. The van der Waals surface area contributed by atoms with Gasteiger partial charge in [-0.3, -0.25) is 4.79 Å². The Morgan fingerprint density at radius 3 is 2.72 bits per heavy atom. The average Bonchev–Trinajstić information content (AvgIpc) is 2.76. The average molecular weight is 266 g/mol. The third-order valence-corrected chi connectivity index (χ3v) is 4.66. The first-order valence-corrected chi connectivity index (χ1v) is 7.62. The van der Waals surface area contributed by atoms with Gasteiger partial charge in [-0.25, -0.2) is 4.98 Å². The van der Waals surface area contributed by atoms with Crippen molar-refractivity contribution in [2.45, 2.75) is 52.0 Å². The van der Waals surface area contributed by atoms with E-state index in [9.17, 15) is 4.79 Å². The Balaban J connectivity index is 1.93. The fourth-order valence-electron chi connectivity index (χ4n) is 2.51. The van der Waals surface area contributed by atoms with Crippen LogP contribution in [0.2, 0.25) is 0 Å². The van der Waals surface area contributed by atoms with Crippen molar-refractivity contribution in [3.8, 4) is 0 Å². The molecule has 1 aliphatic rings. The number of hydrogen-bond donors (Lipinski definition) is 0. The SMILES string of the molecule is CC(=O)Cc1csc(C2CCN(C(C)C)CC2)n1. The van der Waals surface area contributed by atoms with E-state index in [1.54, 1.807) is 18.3 Å². The van der Waals surface area contributed by atoms with Gasteiger partial charge in [0.15, 0.2) is 0 Å². The quantitative estimate of drug-likeness (QED) is 0.840. The second-order valence-electron chi connectivity index (χ2n) is 5.46. The van der Waals surface area contributed by atoms with Crippen LogP contribution in [0.25, 0.3) is 0 Å². The lowest BCUT2D eigenvalue weighted by atomic mass is 9.97. The van der Waals surface area contributed by atoms with E-state index in [1.807, 2.05) is 5.38 Å². The Morgan fingerprint density at radius 2 is 2.17 bits per heavy atom. The summed E-state index contributed by atoms with van der Waals surface area (Å²) >= 11 is 1.73. The smallest absolute Gasteiger partial charge is 0.135 e. The molecule has 18 heavy (non-hydrogen) atoms. The number of Topliss-reactive ketones (excluding diaryl/α,β-unsaturated/α-hetero) is 1. The zero-order valence-electron chi connectivity index (χ0n) is 11.5. The van der Waals surface area contributed by atoms with Crippen LogP contribution in [-0.2, 0) is 11.2 Å². The molecule has 0 bridgehead atoms. The Morgan fingerprint density at radius 1 is 1.50 bits per heavy atom. The lowest BCUT2D eigenvalue weighted by molar-refractivity contribution is -0.116. The van der Waals surface area contributed by atoms with E-state index in [4.69, 9.17) is 0 Å². The number of hydrogen-bond acceptors (Lipinski definition) is 4. The fraction of sp³-hybridized carbons (Fsp3) is 0.714. The lowest BCUT2D eigenvalue weighted by Crippen LogP contribution is -2.37. The molecule has 0 atom stereocenters. The number of aromatic nitrogens is 1. The zero-order chi connectivity index (χ0) is 13.1. The third-order valence-electron chi connectivity index (χ3n) is 3.61. The van der Waals surface area contributed by atoms with Gasteiger partial charge in [-0.15, -0.1) is 11.3 Å². The molecule has 1 saturated heterocycles. The molecule has 1 aliphatic heterocycles. The van der Waals surface area contributed by atoms with Crippen LogP contribution in [0.15, 0.2) is 5.38 Å². The van der Waals surface area contributed by atoms with Gasteiger partial charge >= 0.3 is 0 Å². The Bertz CT molecular complexity index is 406. The minimum atomic E-state index is 0.196. The number of ketones is 1. The molecule has 1 aromatic rings. The maximum Gasteiger partial charge on any atom is 0.135 e. The second kappa shape index (κ2) is 5.93. The summed E-state index contributed by atoms with van der Waals surface area (Å²) in [5, 5.41) is 3.28. The molecule has 1 fully saturated rings. The van der Waals surface area contributed by atoms with Crippen LogP contribution in [0, 0.1) is 0 Å². The van der Waals surface area contributed by atoms with Gasteiger partial charge in [-0.1, -0.05) is 0 Å². The molecule has 0 amide bonds. The van der Waals surface area contributed by atoms with Gasteiger partial charge in [0.05, 0.1) is 10.7 Å². The zero-order valence-corrected chi connectivity index (χ0v) is 12.3. The molecule has 0 spiro atoms. The van der Waals surface area contributed by atoms with Gasteiger partial charge in [0.2, 0.25) is 0 Å². The molecule has 2 heterocycles. The predicted octanol–water partition coefficient (Wildman–Crippen LogP) is 2.86. The molecule has 2 rings (SSSR count). The summed E-state index contributed by atoms with van der Waals surface area (Å²) in [5.74, 6) is 0.798. The van der Waals surface area contributed by atoms with Crippen molar-refractivity contribution in [1.82, 2.24) is 9.88 Å². The van der Waals surface area contributed by atoms with Gasteiger partial charge < -0.3 is 4.90 Å². The highest BCUT2D eigenvalue weighted by Crippen LogP contribution is 2.30. The predicted molar refractivity (Wildman–Crippen MR) is 75.2 cm³/mol. The van der Waals surface area contributed by atoms with E-state index in [0.29, 0.717) is 18.4 Å². The largest absolute Gasteiger partial charge is 0.301 e. The van der Waals surface area contributed by atoms with Crippen molar-refractivity contribution in [1.29, 1.82) is 0 Å². The summed E-state index contributed by atoms with van der Waals surface area (Å²) in [6.45, 7) is 8.48. The van der Waals surface area contributed by atoms with Gasteiger partial charge in [0.1, 0.15) is 5.78 Å². The molecule has 3 nitrogen and oxygen atoms in total. The molecular weight excluding hydrogens is 244 g/mol. The minimum Gasteiger partial charge on any atom is -0.301 e. The number of likely N-dealkylation sites (tertiary alicyclic amines) is 1. The van der Waals surface area contributed by atoms with Crippen molar-refractivity contribution in [2.75, 3.05) is 13.1 Å². The van der Waals surface area contributed by atoms with Crippen LogP contribution in [0.3, 0.4) is 0 Å². The standard InChI is InChI=1S/C14H22N2OS/c1-10(2)16-6-4-12(5-7-16)14-15-13(9-18-14)8-11(3)17/h9-10,12H,4-8H2,1-3H3. The highest BCUT2D eigenvalue weighted by atomic mass is 32.1. The van der Waals surface area contributed by atoms with Crippen LogP contribution < -0.4 is 0 Å². The first kappa shape index (κ1) is 13.7. The van der Waals surface area contributed by atoms with Crippen LogP contribution in [0.1, 0.15) is 50.2 Å². The molecule has 1 aromatic heterocycles. The van der Waals surface area contributed by atoms with Crippen LogP contribution in [0.4, 0.5) is 0 Å². The van der Waals surface area contributed by atoms with E-state index in [1.165, 1.54) is 30.9 Å². The summed E-state index contributed by atoms with van der Waals surface area (Å²) in [5.41, 5.74) is 0.953. The molecule has 4 heteroatoms. The summed E-state index contributed by atoms with van der Waals surface area (Å²) in [6.07, 6.45) is 2.89. The summed E-state index contributed by atoms with van der Waals surface area (Å²) in [4.78, 5) is 18.2. The minimum absolute atomic E-state index is 0.196. The second-order valence-corrected chi connectivity index (χ2v) is 6.35. The summed E-state index contributed by atoms with van der Waals surface area (Å²) < 4.78 is 0. The van der Waals surface area contributed by atoms with Gasteiger partial charge in [-0.2, -0.15) is 0 Å². The number of nitrogens with zero attached hydrogens (tertiary/aromatic N) is 2. The molecule has 0 unspecified atom stereocenters. The van der Waals surface area contributed by atoms with Crippen molar-refractivity contribution < 1.29 is 4.79 Å². The molecule has 100 valence electrons. The van der Waals surface area contributed by atoms with Gasteiger partial charge in [0, 0.05) is 23.8 Å². The number of rotatable bonds is 4. The fourth-order valence-corrected chi connectivity index (χ4v) is 3.50. The number of carbonyl (C=O) groups excluding carboxylic acids is 1. The van der Waals surface area contributed by atoms with E-state index < -0.39 is 0 Å². The van der Waals surface area contributed by atoms with E-state index in [-0.39, 0.29) is 5.78 Å².